The molecule has 0 saturated carbocycles. The molecule has 0 aliphatic rings. The van der Waals surface area contributed by atoms with Crippen LogP contribution in [-0.2, 0) is 18.9 Å². The number of hydrogen-bond acceptors (Lipinski definition) is 6. The Labute approximate surface area is 175 Å². The molecule has 0 unspecified atom stereocenters. The molecule has 0 atom stereocenters. The van der Waals surface area contributed by atoms with Crippen LogP contribution in [0.15, 0.2) is 18.2 Å². The lowest BCUT2D eigenvalue weighted by Gasteiger charge is -2.09. The van der Waals surface area contributed by atoms with Gasteiger partial charge in [0.15, 0.2) is 0 Å². The molecule has 27 heavy (non-hydrogen) atoms. The van der Waals surface area contributed by atoms with Gasteiger partial charge in [-0.3, -0.25) is 0 Å². The Morgan fingerprint density at radius 3 is 1.96 bits per heavy atom. The van der Waals surface area contributed by atoms with Gasteiger partial charge in [-0.15, -0.1) is 0 Å². The van der Waals surface area contributed by atoms with Crippen LogP contribution in [0.25, 0.3) is 0 Å². The summed E-state index contributed by atoms with van der Waals surface area (Å²) in [4.78, 5) is 24.4. The highest BCUT2D eigenvalue weighted by Gasteiger charge is 2.14. The minimum absolute atomic E-state index is 0.186. The highest BCUT2D eigenvalue weighted by Crippen LogP contribution is 2.15. The Morgan fingerprint density at radius 2 is 1.33 bits per heavy atom. The summed E-state index contributed by atoms with van der Waals surface area (Å²) in [7, 11) is 0. The first kappa shape index (κ1) is 23.8. The molecule has 0 radical (unpaired) electrons. The van der Waals surface area contributed by atoms with Crippen LogP contribution >= 0.6 is 22.6 Å². The van der Waals surface area contributed by atoms with Crippen molar-refractivity contribution >= 4 is 34.5 Å². The van der Waals surface area contributed by atoms with E-state index in [-0.39, 0.29) is 13.2 Å². The maximum atomic E-state index is 12.2. The summed E-state index contributed by atoms with van der Waals surface area (Å²) < 4.78 is 21.9. The fourth-order valence-electron chi connectivity index (χ4n) is 2.11. The van der Waals surface area contributed by atoms with Crippen molar-refractivity contribution in [2.24, 2.45) is 0 Å². The first-order valence-corrected chi connectivity index (χ1v) is 10.5. The second-order valence-electron chi connectivity index (χ2n) is 5.93. The lowest BCUT2D eigenvalue weighted by atomic mass is 10.1. The molecule has 7 heteroatoms. The Kier molecular flexibility index (Phi) is 13.1. The van der Waals surface area contributed by atoms with Gasteiger partial charge in [0, 0.05) is 29.8 Å². The van der Waals surface area contributed by atoms with Crippen LogP contribution in [-0.4, -0.2) is 51.6 Å². The van der Waals surface area contributed by atoms with E-state index in [1.807, 2.05) is 6.92 Å². The Balaban J connectivity index is 2.45. The molecule has 0 bridgehead atoms. The monoisotopic (exact) mass is 492 g/mol. The van der Waals surface area contributed by atoms with Crippen molar-refractivity contribution in [1.29, 1.82) is 0 Å². The van der Waals surface area contributed by atoms with Gasteiger partial charge >= 0.3 is 11.9 Å². The molecule has 0 N–H and O–H groups in total. The number of halogens is 1. The maximum Gasteiger partial charge on any atom is 0.338 e. The molecule has 152 valence electrons. The largest absolute Gasteiger partial charge is 0.462 e. The van der Waals surface area contributed by atoms with E-state index in [0.29, 0.717) is 44.0 Å². The molecule has 1 rings (SSSR count). The average molecular weight is 492 g/mol. The molecular weight excluding hydrogens is 463 g/mol. The van der Waals surface area contributed by atoms with Gasteiger partial charge in [0.1, 0.15) is 6.61 Å². The van der Waals surface area contributed by atoms with Gasteiger partial charge in [0.05, 0.1) is 24.3 Å². The topological polar surface area (TPSA) is 71.1 Å². The number of carbonyl (C=O) groups excluding carboxylic acids is 2. The van der Waals surface area contributed by atoms with Crippen LogP contribution in [0.1, 0.15) is 60.2 Å². The molecule has 0 heterocycles. The van der Waals surface area contributed by atoms with E-state index in [4.69, 9.17) is 18.9 Å². The standard InChI is InChI=1S/C20H29IO6/c1-3-5-8-25-11-12-27-20(23)17-13-16(14-18(21)15-17)19(22)26-10-6-9-24-7-4-2/h13-15H,3-12H2,1-2H3. The number of carbonyl (C=O) groups is 2. The quantitative estimate of drug-likeness (QED) is 0.220. The first-order chi connectivity index (χ1) is 13.1. The van der Waals surface area contributed by atoms with Crippen molar-refractivity contribution in [2.75, 3.05) is 39.6 Å². The number of hydrogen-bond donors (Lipinski definition) is 0. The fraction of sp³-hybridized carbons (Fsp3) is 0.600. The van der Waals surface area contributed by atoms with E-state index >= 15 is 0 Å². The van der Waals surface area contributed by atoms with Crippen molar-refractivity contribution in [1.82, 2.24) is 0 Å². The van der Waals surface area contributed by atoms with Gasteiger partial charge < -0.3 is 18.9 Å². The number of rotatable bonds is 14. The van der Waals surface area contributed by atoms with Gasteiger partial charge in [-0.2, -0.15) is 0 Å². The molecule has 0 saturated heterocycles. The minimum atomic E-state index is -0.477. The zero-order valence-corrected chi connectivity index (χ0v) is 18.3. The van der Waals surface area contributed by atoms with E-state index in [1.165, 1.54) is 6.07 Å². The summed E-state index contributed by atoms with van der Waals surface area (Å²) in [5.41, 5.74) is 0.663. The molecule has 0 aliphatic carbocycles. The highest BCUT2D eigenvalue weighted by molar-refractivity contribution is 14.1. The minimum Gasteiger partial charge on any atom is -0.462 e. The second kappa shape index (κ2) is 14.8. The SMILES string of the molecule is CCCCOCCOC(=O)c1cc(I)cc(C(=O)OCCCOCCC)c1. The van der Waals surface area contributed by atoms with Crippen LogP contribution in [0, 0.1) is 3.57 Å². The summed E-state index contributed by atoms with van der Waals surface area (Å²) in [5, 5.41) is 0. The summed E-state index contributed by atoms with van der Waals surface area (Å²) >= 11 is 2.06. The summed E-state index contributed by atoms with van der Waals surface area (Å²) in [6.45, 7) is 6.89. The Bertz CT molecular complexity index is 529. The number of benzene rings is 1. The molecule has 0 fully saturated rings. The zero-order chi connectivity index (χ0) is 19.9. The van der Waals surface area contributed by atoms with Gasteiger partial charge in [-0.1, -0.05) is 20.3 Å². The first-order valence-electron chi connectivity index (χ1n) is 9.38. The average Bonchev–Trinajstić information content (AvgIpc) is 2.66. The van der Waals surface area contributed by atoms with E-state index in [0.717, 1.165) is 22.8 Å². The van der Waals surface area contributed by atoms with E-state index in [2.05, 4.69) is 29.5 Å². The molecule has 6 nitrogen and oxygen atoms in total. The van der Waals surface area contributed by atoms with E-state index in [9.17, 15) is 9.59 Å². The number of esters is 2. The molecule has 0 aliphatic heterocycles. The molecule has 0 aromatic heterocycles. The highest BCUT2D eigenvalue weighted by atomic mass is 127. The predicted molar refractivity (Wildman–Crippen MR) is 111 cm³/mol. The lowest BCUT2D eigenvalue weighted by molar-refractivity contribution is 0.0313. The normalized spacial score (nSPS) is 10.6. The third kappa shape index (κ3) is 10.7. The fourth-order valence-corrected chi connectivity index (χ4v) is 2.78. The number of unbranched alkanes of at least 4 members (excludes halogenated alkanes) is 1. The third-order valence-electron chi connectivity index (χ3n) is 3.49. The lowest BCUT2D eigenvalue weighted by Crippen LogP contribution is -2.13. The Morgan fingerprint density at radius 1 is 0.741 bits per heavy atom. The van der Waals surface area contributed by atoms with Crippen LogP contribution in [0.4, 0.5) is 0 Å². The third-order valence-corrected chi connectivity index (χ3v) is 4.11. The van der Waals surface area contributed by atoms with E-state index < -0.39 is 11.9 Å². The predicted octanol–water partition coefficient (Wildman–Crippen LogP) is 4.24. The van der Waals surface area contributed by atoms with Crippen molar-refractivity contribution in [2.45, 2.75) is 39.5 Å². The Hall–Kier alpha value is -1.19. The molecular formula is C20H29IO6. The molecule has 1 aromatic carbocycles. The van der Waals surface area contributed by atoms with Crippen molar-refractivity contribution in [3.63, 3.8) is 0 Å². The van der Waals surface area contributed by atoms with Gasteiger partial charge in [-0.05, 0) is 53.6 Å². The smallest absolute Gasteiger partial charge is 0.338 e. The summed E-state index contributed by atoms with van der Waals surface area (Å²) in [6, 6.07) is 4.86. The van der Waals surface area contributed by atoms with Crippen molar-refractivity contribution < 1.29 is 28.5 Å². The van der Waals surface area contributed by atoms with Crippen LogP contribution in [0.2, 0.25) is 0 Å². The number of ether oxygens (including phenoxy) is 4. The zero-order valence-electron chi connectivity index (χ0n) is 16.1. The van der Waals surface area contributed by atoms with Crippen molar-refractivity contribution in [3.05, 3.63) is 32.9 Å². The summed E-state index contributed by atoms with van der Waals surface area (Å²) in [5.74, 6) is -0.935. The van der Waals surface area contributed by atoms with Gasteiger partial charge in [0.2, 0.25) is 0 Å². The molecule has 0 spiro atoms. The van der Waals surface area contributed by atoms with Crippen LogP contribution in [0.3, 0.4) is 0 Å². The van der Waals surface area contributed by atoms with Crippen LogP contribution in [0.5, 0.6) is 0 Å². The maximum absolute atomic E-state index is 12.2. The molecule has 0 amide bonds. The van der Waals surface area contributed by atoms with Gasteiger partial charge in [0.25, 0.3) is 0 Å². The van der Waals surface area contributed by atoms with Crippen molar-refractivity contribution in [3.8, 4) is 0 Å². The second-order valence-corrected chi connectivity index (χ2v) is 7.18. The van der Waals surface area contributed by atoms with Crippen LogP contribution < -0.4 is 0 Å². The van der Waals surface area contributed by atoms with E-state index in [1.54, 1.807) is 12.1 Å². The molecule has 1 aromatic rings. The van der Waals surface area contributed by atoms with Gasteiger partial charge in [-0.25, -0.2) is 9.59 Å². The summed E-state index contributed by atoms with van der Waals surface area (Å²) in [6.07, 6.45) is 3.66.